The highest BCUT2D eigenvalue weighted by atomic mass is 32.2. The van der Waals surface area contributed by atoms with Gasteiger partial charge in [-0.2, -0.15) is 0 Å². The molecule has 1 aliphatic rings. The van der Waals surface area contributed by atoms with Crippen LogP contribution in [0.4, 0.5) is 11.4 Å². The van der Waals surface area contributed by atoms with E-state index in [1.165, 1.54) is 52.0 Å². The number of rotatable bonds is 9. The molecule has 0 aromatic heterocycles. The van der Waals surface area contributed by atoms with E-state index in [4.69, 9.17) is 9.47 Å². The minimum Gasteiger partial charge on any atom is -0.497 e. The summed E-state index contributed by atoms with van der Waals surface area (Å²) in [6, 6.07) is 11.1. The molecule has 8 heteroatoms. The summed E-state index contributed by atoms with van der Waals surface area (Å²) in [7, 11) is -0.983. The molecule has 162 valence electrons. The molecular weight excluding hydrogens is 404 g/mol. The molecule has 30 heavy (non-hydrogen) atoms. The van der Waals surface area contributed by atoms with Gasteiger partial charge in [0.25, 0.3) is 10.0 Å². The lowest BCUT2D eigenvalue weighted by atomic mass is 10.0. The number of carbonyl (C=O) groups is 1. The minimum absolute atomic E-state index is 0.0468. The molecule has 0 heterocycles. The largest absolute Gasteiger partial charge is 0.497 e. The zero-order chi connectivity index (χ0) is 21.6. The van der Waals surface area contributed by atoms with Crippen LogP contribution in [0.3, 0.4) is 0 Å². The maximum Gasteiger partial charge on any atom is 0.265 e. The summed E-state index contributed by atoms with van der Waals surface area (Å²) >= 11 is 0. The first-order valence-corrected chi connectivity index (χ1v) is 11.5. The molecule has 1 fully saturated rings. The molecule has 0 radical (unpaired) electrons. The first-order chi connectivity index (χ1) is 14.4. The zero-order valence-corrected chi connectivity index (χ0v) is 18.1. The highest BCUT2D eigenvalue weighted by Crippen LogP contribution is 2.31. The number of amides is 1. The van der Waals surface area contributed by atoms with Gasteiger partial charge in [0, 0.05) is 17.8 Å². The van der Waals surface area contributed by atoms with E-state index < -0.39 is 10.0 Å². The molecule has 0 spiro atoms. The van der Waals surface area contributed by atoms with E-state index >= 15 is 0 Å². The second-order valence-corrected chi connectivity index (χ2v) is 9.09. The van der Waals surface area contributed by atoms with Crippen molar-refractivity contribution < 1.29 is 22.7 Å². The van der Waals surface area contributed by atoms with Crippen molar-refractivity contribution in [2.45, 2.75) is 43.4 Å². The van der Waals surface area contributed by atoms with Crippen LogP contribution < -0.4 is 19.5 Å². The van der Waals surface area contributed by atoms with Crippen molar-refractivity contribution in [3.8, 4) is 11.5 Å². The fourth-order valence-electron chi connectivity index (χ4n) is 3.69. The average molecular weight is 433 g/mol. The highest BCUT2D eigenvalue weighted by Gasteiger charge is 2.21. The van der Waals surface area contributed by atoms with Gasteiger partial charge in [-0.05, 0) is 54.8 Å². The van der Waals surface area contributed by atoms with Gasteiger partial charge in [0.15, 0.2) is 0 Å². The molecule has 3 rings (SSSR count). The van der Waals surface area contributed by atoms with Gasteiger partial charge in [0.1, 0.15) is 16.4 Å². The average Bonchev–Trinajstić information content (AvgIpc) is 3.26. The predicted octanol–water partition coefficient (Wildman–Crippen LogP) is 4.41. The first-order valence-electron chi connectivity index (χ1n) is 10.1. The van der Waals surface area contributed by atoms with Gasteiger partial charge in [-0.1, -0.05) is 25.7 Å². The Morgan fingerprint density at radius 2 is 1.67 bits per heavy atom. The molecule has 2 aromatic carbocycles. The van der Waals surface area contributed by atoms with E-state index in [9.17, 15) is 13.2 Å². The molecule has 7 nitrogen and oxygen atoms in total. The van der Waals surface area contributed by atoms with Gasteiger partial charge >= 0.3 is 0 Å². The van der Waals surface area contributed by atoms with Crippen LogP contribution >= 0.6 is 0 Å². The zero-order valence-electron chi connectivity index (χ0n) is 17.3. The second-order valence-electron chi connectivity index (χ2n) is 7.44. The van der Waals surface area contributed by atoms with Crippen molar-refractivity contribution in [1.82, 2.24) is 0 Å². The molecule has 0 aliphatic heterocycles. The maximum atomic E-state index is 12.9. The van der Waals surface area contributed by atoms with Gasteiger partial charge in [0.05, 0.1) is 14.2 Å². The van der Waals surface area contributed by atoms with Crippen LogP contribution in [0.25, 0.3) is 0 Å². The van der Waals surface area contributed by atoms with Gasteiger partial charge in [0.2, 0.25) is 5.91 Å². The Labute approximate surface area is 177 Å². The topological polar surface area (TPSA) is 93.7 Å². The van der Waals surface area contributed by atoms with Gasteiger partial charge in [-0.15, -0.1) is 0 Å². The monoisotopic (exact) mass is 432 g/mol. The molecule has 2 N–H and O–H groups in total. The molecule has 0 bridgehead atoms. The Balaban J connectivity index is 1.72. The number of methoxy groups -OCH3 is 2. The molecule has 0 saturated heterocycles. The Hall–Kier alpha value is -2.74. The molecule has 1 amide bonds. The van der Waals surface area contributed by atoms with E-state index in [-0.39, 0.29) is 16.6 Å². The summed E-state index contributed by atoms with van der Waals surface area (Å²) in [5.74, 6) is 1.33. The number of nitrogens with one attached hydrogen (secondary N) is 2. The van der Waals surface area contributed by atoms with Gasteiger partial charge < -0.3 is 14.8 Å². The Morgan fingerprint density at radius 1 is 1.00 bits per heavy atom. The third-order valence-corrected chi connectivity index (χ3v) is 6.74. The maximum absolute atomic E-state index is 12.9. The Morgan fingerprint density at radius 3 is 2.30 bits per heavy atom. The third-order valence-electron chi connectivity index (χ3n) is 5.33. The first kappa shape index (κ1) is 22.0. The Bertz CT molecular complexity index is 968. The van der Waals surface area contributed by atoms with Crippen molar-refractivity contribution in [2.24, 2.45) is 5.92 Å². The van der Waals surface area contributed by atoms with Crippen LogP contribution in [-0.4, -0.2) is 28.5 Å². The molecule has 0 unspecified atom stereocenters. The number of benzene rings is 2. The lowest BCUT2D eigenvalue weighted by molar-refractivity contribution is -0.116. The third kappa shape index (κ3) is 5.66. The number of anilines is 2. The van der Waals surface area contributed by atoms with Crippen LogP contribution in [0.15, 0.2) is 47.4 Å². The van der Waals surface area contributed by atoms with Crippen molar-refractivity contribution in [3.63, 3.8) is 0 Å². The van der Waals surface area contributed by atoms with E-state index in [1.807, 2.05) is 0 Å². The van der Waals surface area contributed by atoms with Gasteiger partial charge in [-0.3, -0.25) is 9.52 Å². The fourth-order valence-corrected chi connectivity index (χ4v) is 4.95. The van der Waals surface area contributed by atoms with Crippen molar-refractivity contribution in [3.05, 3.63) is 42.5 Å². The minimum atomic E-state index is -3.93. The lowest BCUT2D eigenvalue weighted by Crippen LogP contribution is -2.16. The standard InChI is InChI=1S/C22H28N2O5S/c1-28-19-11-8-17(9-12-19)24-30(26,27)21-15-18(10-13-20(21)29-2)23-22(25)14-7-16-5-3-4-6-16/h8-13,15-16,24H,3-7,14H2,1-2H3,(H,23,25). The normalized spacial score (nSPS) is 14.3. The smallest absolute Gasteiger partial charge is 0.265 e. The summed E-state index contributed by atoms with van der Waals surface area (Å²) < 4.78 is 38.7. The SMILES string of the molecule is COc1ccc(NS(=O)(=O)c2cc(NC(=O)CCC3CCCC3)ccc2OC)cc1. The summed E-state index contributed by atoms with van der Waals surface area (Å²) in [4.78, 5) is 12.3. The second kappa shape index (κ2) is 9.84. The Kier molecular flexibility index (Phi) is 7.20. The number of hydrogen-bond donors (Lipinski definition) is 2. The van der Waals surface area contributed by atoms with E-state index in [1.54, 1.807) is 30.3 Å². The molecule has 1 aliphatic carbocycles. The van der Waals surface area contributed by atoms with Gasteiger partial charge in [-0.25, -0.2) is 8.42 Å². The van der Waals surface area contributed by atoms with Crippen molar-refractivity contribution >= 4 is 27.3 Å². The molecule has 0 atom stereocenters. The summed E-state index contributed by atoms with van der Waals surface area (Å²) in [5.41, 5.74) is 0.811. The van der Waals surface area contributed by atoms with E-state index in [2.05, 4.69) is 10.0 Å². The fraction of sp³-hybridized carbons (Fsp3) is 0.409. The molecular formula is C22H28N2O5S. The van der Waals surface area contributed by atoms with E-state index in [0.717, 1.165) is 6.42 Å². The predicted molar refractivity (Wildman–Crippen MR) is 117 cm³/mol. The number of hydrogen-bond acceptors (Lipinski definition) is 5. The summed E-state index contributed by atoms with van der Waals surface area (Å²) in [6.07, 6.45) is 6.17. The van der Waals surface area contributed by atoms with Crippen LogP contribution in [0, 0.1) is 5.92 Å². The number of carbonyl (C=O) groups excluding carboxylic acids is 1. The summed E-state index contributed by atoms with van der Waals surface area (Å²) in [5, 5.41) is 2.81. The number of sulfonamides is 1. The van der Waals surface area contributed by atoms with Crippen LogP contribution in [0.1, 0.15) is 38.5 Å². The molecule has 1 saturated carbocycles. The van der Waals surface area contributed by atoms with E-state index in [0.29, 0.717) is 29.5 Å². The quantitative estimate of drug-likeness (QED) is 0.612. The highest BCUT2D eigenvalue weighted by molar-refractivity contribution is 7.92. The van der Waals surface area contributed by atoms with Crippen LogP contribution in [0.5, 0.6) is 11.5 Å². The van der Waals surface area contributed by atoms with Crippen LogP contribution in [0.2, 0.25) is 0 Å². The van der Waals surface area contributed by atoms with Crippen molar-refractivity contribution in [2.75, 3.05) is 24.3 Å². The van der Waals surface area contributed by atoms with Crippen molar-refractivity contribution in [1.29, 1.82) is 0 Å². The van der Waals surface area contributed by atoms with Crippen LogP contribution in [-0.2, 0) is 14.8 Å². The number of ether oxygens (including phenoxy) is 2. The summed E-state index contributed by atoms with van der Waals surface area (Å²) in [6.45, 7) is 0. The lowest BCUT2D eigenvalue weighted by Gasteiger charge is -2.14. The molecule has 2 aromatic rings.